The molecule has 0 saturated heterocycles. The summed E-state index contributed by atoms with van der Waals surface area (Å²) < 4.78 is 6.27. The Bertz CT molecular complexity index is 286. The molecule has 1 N–H and O–H groups in total. The van der Waals surface area contributed by atoms with Gasteiger partial charge in [-0.1, -0.05) is 6.92 Å². The van der Waals surface area contributed by atoms with Gasteiger partial charge in [0.25, 0.3) is 0 Å². The number of hydrogen-bond donors (Lipinski definition) is 1. The third-order valence-corrected chi connectivity index (χ3v) is 2.61. The van der Waals surface area contributed by atoms with Crippen LogP contribution in [-0.4, -0.2) is 12.2 Å². The van der Waals surface area contributed by atoms with Crippen LogP contribution in [0.15, 0.2) is 18.2 Å². The van der Waals surface area contributed by atoms with Crippen LogP contribution in [0.1, 0.15) is 25.0 Å². The van der Waals surface area contributed by atoms with Gasteiger partial charge in [0.1, 0.15) is 5.75 Å². The lowest BCUT2D eigenvalue weighted by Crippen LogP contribution is -1.99. The minimum absolute atomic E-state index is 0.426. The molecule has 0 aliphatic heterocycles. The number of hydrogen-bond acceptors (Lipinski definition) is 2. The lowest BCUT2D eigenvalue weighted by molar-refractivity contribution is 0.169. The van der Waals surface area contributed by atoms with Crippen LogP contribution in [0.3, 0.4) is 0 Å². The van der Waals surface area contributed by atoms with E-state index in [4.69, 9.17) is 4.74 Å². The zero-order valence-corrected chi connectivity index (χ0v) is 9.91. The Kier molecular flexibility index (Phi) is 3.99. The second kappa shape index (κ2) is 4.81. The maximum atomic E-state index is 9.68. The Morgan fingerprint density at radius 1 is 1.54 bits per heavy atom. The Hall–Kier alpha value is -0.290. The SMILES string of the molecule is CC[C@@H](O)c1cc(I)ccc1OC. The minimum atomic E-state index is -0.426. The van der Waals surface area contributed by atoms with Gasteiger partial charge >= 0.3 is 0 Å². The molecule has 0 spiro atoms. The van der Waals surface area contributed by atoms with Crippen LogP contribution in [0.5, 0.6) is 5.75 Å². The molecule has 3 heteroatoms. The van der Waals surface area contributed by atoms with Crippen LogP contribution in [0.4, 0.5) is 0 Å². The quantitative estimate of drug-likeness (QED) is 0.868. The number of rotatable bonds is 3. The van der Waals surface area contributed by atoms with Gasteiger partial charge in [-0.25, -0.2) is 0 Å². The highest BCUT2D eigenvalue weighted by Gasteiger charge is 2.11. The summed E-state index contributed by atoms with van der Waals surface area (Å²) in [6, 6.07) is 5.80. The molecule has 0 heterocycles. The zero-order chi connectivity index (χ0) is 9.84. The molecule has 0 aliphatic rings. The van der Waals surface area contributed by atoms with E-state index in [2.05, 4.69) is 22.6 Å². The van der Waals surface area contributed by atoms with Crippen LogP contribution in [0.2, 0.25) is 0 Å². The molecule has 1 aromatic rings. The molecule has 2 nitrogen and oxygen atoms in total. The van der Waals surface area contributed by atoms with Crippen LogP contribution >= 0.6 is 22.6 Å². The third-order valence-electron chi connectivity index (χ3n) is 1.94. The molecule has 0 aromatic heterocycles. The number of methoxy groups -OCH3 is 1. The normalized spacial score (nSPS) is 12.6. The van der Waals surface area contributed by atoms with Crippen LogP contribution in [0, 0.1) is 3.57 Å². The van der Waals surface area contributed by atoms with E-state index in [1.54, 1.807) is 7.11 Å². The van der Waals surface area contributed by atoms with Crippen molar-refractivity contribution in [2.45, 2.75) is 19.4 Å². The van der Waals surface area contributed by atoms with Crippen molar-refractivity contribution in [1.29, 1.82) is 0 Å². The van der Waals surface area contributed by atoms with E-state index in [1.165, 1.54) is 0 Å². The molecule has 13 heavy (non-hydrogen) atoms. The molecule has 0 unspecified atom stereocenters. The number of benzene rings is 1. The van der Waals surface area contributed by atoms with Gasteiger partial charge in [-0.05, 0) is 47.2 Å². The Labute approximate surface area is 92.1 Å². The van der Waals surface area contributed by atoms with Crippen molar-refractivity contribution < 1.29 is 9.84 Å². The lowest BCUT2D eigenvalue weighted by Gasteiger charge is -2.13. The number of aliphatic hydroxyl groups excluding tert-OH is 1. The lowest BCUT2D eigenvalue weighted by atomic mass is 10.1. The summed E-state index contributed by atoms with van der Waals surface area (Å²) in [5.41, 5.74) is 0.872. The van der Waals surface area contributed by atoms with Gasteiger partial charge in [0, 0.05) is 9.13 Å². The monoisotopic (exact) mass is 292 g/mol. The fourth-order valence-corrected chi connectivity index (χ4v) is 1.70. The predicted octanol–water partition coefficient (Wildman–Crippen LogP) is 2.74. The second-order valence-electron chi connectivity index (χ2n) is 2.81. The molecule has 1 aromatic carbocycles. The van der Waals surface area contributed by atoms with Gasteiger partial charge < -0.3 is 9.84 Å². The highest BCUT2D eigenvalue weighted by Crippen LogP contribution is 2.28. The molecule has 1 rings (SSSR count). The minimum Gasteiger partial charge on any atom is -0.496 e. The fraction of sp³-hybridized carbons (Fsp3) is 0.400. The highest BCUT2D eigenvalue weighted by atomic mass is 127. The largest absolute Gasteiger partial charge is 0.496 e. The second-order valence-corrected chi connectivity index (χ2v) is 4.06. The summed E-state index contributed by atoms with van der Waals surface area (Å²) in [4.78, 5) is 0. The highest BCUT2D eigenvalue weighted by molar-refractivity contribution is 14.1. The van der Waals surface area contributed by atoms with Crippen molar-refractivity contribution in [3.8, 4) is 5.75 Å². The average Bonchev–Trinajstić information content (AvgIpc) is 2.16. The average molecular weight is 292 g/mol. The summed E-state index contributed by atoms with van der Waals surface area (Å²) in [6.07, 6.45) is 0.279. The Balaban J connectivity index is 3.07. The van der Waals surface area contributed by atoms with Gasteiger partial charge in [-0.2, -0.15) is 0 Å². The first-order valence-electron chi connectivity index (χ1n) is 4.20. The Morgan fingerprint density at radius 2 is 2.23 bits per heavy atom. The molecule has 72 valence electrons. The van der Waals surface area contributed by atoms with E-state index in [-0.39, 0.29) is 0 Å². The number of halogens is 1. The maximum absolute atomic E-state index is 9.68. The van der Waals surface area contributed by atoms with Crippen molar-refractivity contribution >= 4 is 22.6 Å². The zero-order valence-electron chi connectivity index (χ0n) is 7.75. The van der Waals surface area contributed by atoms with Crippen molar-refractivity contribution in [2.24, 2.45) is 0 Å². The van der Waals surface area contributed by atoms with E-state index in [1.807, 2.05) is 25.1 Å². The third kappa shape index (κ3) is 2.57. The van der Waals surface area contributed by atoms with E-state index in [0.717, 1.165) is 14.9 Å². The van der Waals surface area contributed by atoms with Crippen molar-refractivity contribution in [3.05, 3.63) is 27.3 Å². The Morgan fingerprint density at radius 3 is 2.77 bits per heavy atom. The van der Waals surface area contributed by atoms with Crippen LogP contribution < -0.4 is 4.74 Å². The summed E-state index contributed by atoms with van der Waals surface area (Å²) in [7, 11) is 1.62. The first-order chi connectivity index (χ1) is 6.19. The summed E-state index contributed by atoms with van der Waals surface area (Å²) in [5, 5.41) is 9.68. The molecular weight excluding hydrogens is 279 g/mol. The van der Waals surface area contributed by atoms with Crippen molar-refractivity contribution in [1.82, 2.24) is 0 Å². The topological polar surface area (TPSA) is 29.5 Å². The molecule has 0 aliphatic carbocycles. The van der Waals surface area contributed by atoms with Gasteiger partial charge in [0.05, 0.1) is 13.2 Å². The molecule has 0 radical (unpaired) electrons. The van der Waals surface area contributed by atoms with Gasteiger partial charge in [0.15, 0.2) is 0 Å². The molecule has 0 bridgehead atoms. The van der Waals surface area contributed by atoms with E-state index < -0.39 is 6.10 Å². The van der Waals surface area contributed by atoms with Gasteiger partial charge in [-0.3, -0.25) is 0 Å². The van der Waals surface area contributed by atoms with Gasteiger partial charge in [0.2, 0.25) is 0 Å². The fourth-order valence-electron chi connectivity index (χ4n) is 1.19. The molecule has 0 amide bonds. The summed E-state index contributed by atoms with van der Waals surface area (Å²) in [6.45, 7) is 1.95. The van der Waals surface area contributed by atoms with E-state index in [9.17, 15) is 5.11 Å². The molecule has 0 saturated carbocycles. The van der Waals surface area contributed by atoms with Crippen molar-refractivity contribution in [3.63, 3.8) is 0 Å². The van der Waals surface area contributed by atoms with Crippen LogP contribution in [0.25, 0.3) is 0 Å². The standard InChI is InChI=1S/C10H13IO2/c1-3-9(12)8-6-7(11)4-5-10(8)13-2/h4-6,9,12H,3H2,1-2H3/t9-/m1/s1. The molecule has 0 fully saturated rings. The predicted molar refractivity (Wildman–Crippen MR) is 61.0 cm³/mol. The van der Waals surface area contributed by atoms with Crippen molar-refractivity contribution in [2.75, 3.05) is 7.11 Å². The summed E-state index contributed by atoms with van der Waals surface area (Å²) >= 11 is 2.22. The van der Waals surface area contributed by atoms with Crippen LogP contribution in [-0.2, 0) is 0 Å². The first-order valence-corrected chi connectivity index (χ1v) is 5.28. The molecule has 1 atom stereocenters. The first kappa shape index (κ1) is 10.8. The summed E-state index contributed by atoms with van der Waals surface area (Å²) in [5.74, 6) is 0.759. The maximum Gasteiger partial charge on any atom is 0.124 e. The smallest absolute Gasteiger partial charge is 0.124 e. The number of ether oxygens (including phenoxy) is 1. The molecular formula is C10H13IO2. The van der Waals surface area contributed by atoms with E-state index >= 15 is 0 Å². The van der Waals surface area contributed by atoms with Gasteiger partial charge in [-0.15, -0.1) is 0 Å². The number of aliphatic hydroxyl groups is 1. The van der Waals surface area contributed by atoms with E-state index in [0.29, 0.717) is 6.42 Å².